The second kappa shape index (κ2) is 37.9. The fourth-order valence-corrected chi connectivity index (χ4v) is 16.2. The second-order valence-electron chi connectivity index (χ2n) is 27.5. The number of nitrogens with two attached hydrogens (primary N) is 6. The summed E-state index contributed by atoms with van der Waals surface area (Å²) < 4.78 is 204. The summed E-state index contributed by atoms with van der Waals surface area (Å²) in [7, 11) is -19.6. The minimum Gasteiger partial charge on any atom is -0.486 e. The number of phosphoric ester groups is 1. The highest BCUT2D eigenvalue weighted by Crippen LogP contribution is 2.59. The van der Waals surface area contributed by atoms with Gasteiger partial charge in [-0.1, -0.05) is 0 Å². The van der Waals surface area contributed by atoms with Gasteiger partial charge >= 0.3 is 7.82 Å². The number of rotatable bonds is 45. The Morgan fingerprint density at radius 2 is 0.458 bits per heavy atom. The lowest BCUT2D eigenvalue weighted by Crippen LogP contribution is -2.17. The van der Waals surface area contributed by atoms with Gasteiger partial charge in [0.15, 0.2) is 131 Å². The molecule has 0 aliphatic rings. The summed E-state index contributed by atoms with van der Waals surface area (Å²) >= 11 is 0. The summed E-state index contributed by atoms with van der Waals surface area (Å²) in [6, 6.07) is 5.58. The van der Waals surface area contributed by atoms with E-state index in [1.807, 2.05) is 0 Å². The normalized spacial score (nSPS) is 12.2. The van der Waals surface area contributed by atoms with Gasteiger partial charge in [-0.15, -0.1) is 0 Å². The molecule has 0 saturated heterocycles. The molecule has 12 heterocycles. The number of hydrogen-bond acceptors (Lipinski definition) is 46. The highest BCUT2D eigenvalue weighted by atomic mass is 32.2. The number of phosphoric acid groups is 1. The van der Waals surface area contributed by atoms with Crippen LogP contribution in [0.25, 0.3) is 67.0 Å². The van der Waals surface area contributed by atoms with E-state index in [0.717, 1.165) is 55.2 Å². The Hall–Kier alpha value is -15.4. The van der Waals surface area contributed by atoms with Crippen LogP contribution in [0.2, 0.25) is 0 Å². The molecule has 131 heavy (non-hydrogen) atoms. The van der Waals surface area contributed by atoms with Gasteiger partial charge in [-0.05, 0) is 36.4 Å². The maximum absolute atomic E-state index is 17.3. The molecule has 692 valence electrons. The van der Waals surface area contributed by atoms with Gasteiger partial charge in [0.25, 0.3) is 33.4 Å². The van der Waals surface area contributed by atoms with Crippen molar-refractivity contribution in [1.29, 1.82) is 0 Å². The minimum absolute atomic E-state index is 0.00138. The average Bonchev–Trinajstić information content (AvgIpc) is 1.72. The molecule has 0 atom stereocenters. The SMILES string of the molecule is CS(=O)(=O)c1ccc(OP(=O)(Oc2ccc(S(C)(=O)=O)c(OCCOCn3cnc4c(=O)[nH]c(N)nc43)c2OCCOCn2cnc3c(=O)[nH]c(N)nc32)Oc2ccc(S(C)(=O)=O)c(OCCOCn3cnc4c(=O)[nH]c(N)nc43)c2OCCOCn2cnc3c(=O)[nH]c(N)nc32)c(OCCOCn2cnc3c(=O)[nH]c(N)nc32)c1OCCOCn1cnc2c(=O)[nH]c(N)nc21. The zero-order valence-electron chi connectivity index (χ0n) is 68.3. The zero-order valence-corrected chi connectivity index (χ0v) is 71.6. The van der Waals surface area contributed by atoms with Gasteiger partial charge in [0, 0.05) is 18.8 Å². The maximum Gasteiger partial charge on any atom is 0.647 e. The standard InChI is InChI=1S/C69H75N30O28PS3/c1-129(107,108)37-7-4-34(46(119-16-10-113-28-94-22-76-40-52(94)82-64(70)88-58(40)100)49(37)122-19-13-116-31-97-25-79-43-55(97)85-67(73)91-61(43)103)125-128(106,126-35-5-8-38(130(2,109)110)50(123-20-14-117-32-98-26-80-44-56(98)86-68(74)92-62(44)104)47(35)120-17-11-114-29-95-23-77-41-53(95)83-65(71)89-59(41)101)127-36-6-9-39(131(3,111)112)51(124-21-15-118-33-99-27-81-45-57(99)87-69(75)93-63(45)105)48(36)121-18-12-115-30-96-24-78-42-54(96)84-66(72)90-60(42)102/h4-9,22-27H,10-21,28-33H2,1-3H3,(H3,70,82,88,100)(H3,71,83,89,101)(H3,72,84,90,102)(H3,73,85,91,103)(H3,74,86,92,104)(H3,75,87,93,105). The summed E-state index contributed by atoms with van der Waals surface area (Å²) in [6.45, 7) is -8.52. The van der Waals surface area contributed by atoms with Crippen molar-refractivity contribution in [3.05, 3.63) is 136 Å². The predicted octanol–water partition coefficient (Wildman–Crippen LogP) is -2.05. The summed E-state index contributed by atoms with van der Waals surface area (Å²) in [5.41, 5.74) is 30.6. The number of aromatic amines is 6. The number of ether oxygens (including phenoxy) is 12. The van der Waals surface area contributed by atoms with Crippen LogP contribution in [-0.2, 0) is 103 Å². The lowest BCUT2D eigenvalue weighted by molar-refractivity contribution is 0.0481. The number of nitrogens with zero attached hydrogens (tertiary/aromatic N) is 18. The van der Waals surface area contributed by atoms with E-state index in [4.69, 9.17) is 105 Å². The highest BCUT2D eigenvalue weighted by molar-refractivity contribution is 7.91. The fourth-order valence-electron chi connectivity index (χ4n) is 12.5. The van der Waals surface area contributed by atoms with Crippen LogP contribution in [0.4, 0.5) is 35.7 Å². The van der Waals surface area contributed by atoms with Gasteiger partial charge < -0.3 is 105 Å². The molecular formula is C69H75N30O28PS3. The molecule has 0 amide bonds. The molecule has 0 unspecified atom stereocenters. The molecule has 18 N–H and O–H groups in total. The number of nitrogens with one attached hydrogen (secondary N) is 6. The Labute approximate surface area is 729 Å². The van der Waals surface area contributed by atoms with Crippen molar-refractivity contribution < 1.29 is 100 Å². The van der Waals surface area contributed by atoms with E-state index in [1.165, 1.54) is 65.4 Å². The first-order valence-electron chi connectivity index (χ1n) is 37.9. The van der Waals surface area contributed by atoms with Crippen molar-refractivity contribution in [1.82, 2.24) is 117 Å². The molecule has 0 radical (unpaired) electrons. The van der Waals surface area contributed by atoms with Crippen LogP contribution >= 0.6 is 7.82 Å². The average molecular weight is 1900 g/mol. The lowest BCUT2D eigenvalue weighted by Gasteiger charge is -2.26. The van der Waals surface area contributed by atoms with Gasteiger partial charge in [-0.3, -0.25) is 86.1 Å². The molecular weight excluding hydrogens is 1820 g/mol. The summed E-state index contributed by atoms with van der Waals surface area (Å²) in [4.78, 5) is 138. The first-order valence-corrected chi connectivity index (χ1v) is 45.0. The quantitative estimate of drug-likeness (QED) is 0.0144. The molecule has 0 aliphatic heterocycles. The van der Waals surface area contributed by atoms with Crippen molar-refractivity contribution in [2.24, 2.45) is 0 Å². The van der Waals surface area contributed by atoms with E-state index < -0.39 is 237 Å². The third kappa shape index (κ3) is 20.4. The molecule has 0 aliphatic carbocycles. The Kier molecular flexibility index (Phi) is 26.1. The van der Waals surface area contributed by atoms with Crippen LogP contribution < -0.4 is 110 Å². The van der Waals surface area contributed by atoms with Crippen LogP contribution in [0.5, 0.6) is 51.7 Å². The Balaban J connectivity index is 0.837. The number of aromatic nitrogens is 24. The maximum atomic E-state index is 17.3. The van der Waals surface area contributed by atoms with Gasteiger partial charge in [-0.25, -0.2) is 55.2 Å². The number of hydrogen-bond donors (Lipinski definition) is 12. The molecule has 0 spiro atoms. The van der Waals surface area contributed by atoms with E-state index in [0.29, 0.717) is 0 Å². The van der Waals surface area contributed by atoms with Gasteiger partial charge in [0.1, 0.15) is 94.7 Å². The molecule has 0 fully saturated rings. The van der Waals surface area contributed by atoms with Crippen molar-refractivity contribution in [3.8, 4) is 51.7 Å². The predicted molar refractivity (Wildman–Crippen MR) is 452 cm³/mol. The van der Waals surface area contributed by atoms with Crippen LogP contribution in [0.3, 0.4) is 0 Å². The monoisotopic (exact) mass is 1900 g/mol. The number of fused-ring (bicyclic) bond motifs is 6. The number of anilines is 6. The number of nitrogen functional groups attached to an aromatic ring is 6. The van der Waals surface area contributed by atoms with Crippen LogP contribution in [-0.4, -0.2) is 240 Å². The number of sulfone groups is 3. The summed E-state index contributed by atoms with van der Waals surface area (Å²) in [5.74, 6) is -8.22. The Morgan fingerprint density at radius 3 is 0.634 bits per heavy atom. The topological polar surface area (TPSA) is 795 Å². The van der Waals surface area contributed by atoms with E-state index >= 15 is 4.57 Å². The first-order chi connectivity index (χ1) is 62.6. The molecule has 12 aromatic heterocycles. The van der Waals surface area contributed by atoms with Crippen molar-refractivity contribution in [2.45, 2.75) is 55.1 Å². The molecule has 15 rings (SSSR count). The van der Waals surface area contributed by atoms with Gasteiger partial charge in [-0.2, -0.15) is 34.5 Å². The van der Waals surface area contributed by atoms with Crippen molar-refractivity contribution in [3.63, 3.8) is 0 Å². The Bertz CT molecular complexity index is 6990. The van der Waals surface area contributed by atoms with E-state index in [1.54, 1.807) is 0 Å². The fraction of sp³-hybridized carbons (Fsp3) is 0.304. The largest absolute Gasteiger partial charge is 0.647 e. The highest BCUT2D eigenvalue weighted by Gasteiger charge is 2.41. The zero-order chi connectivity index (χ0) is 92.8. The summed E-state index contributed by atoms with van der Waals surface area (Å²) in [6.07, 6.45) is 9.75. The van der Waals surface area contributed by atoms with Crippen molar-refractivity contribution in [2.75, 3.05) is 132 Å². The van der Waals surface area contributed by atoms with E-state index in [2.05, 4.69) is 89.7 Å². The first kappa shape index (κ1) is 90.4. The van der Waals surface area contributed by atoms with Crippen molar-refractivity contribution >= 4 is 140 Å². The molecule has 15 aromatic rings. The Morgan fingerprint density at radius 1 is 0.282 bits per heavy atom. The van der Waals surface area contributed by atoms with E-state index in [-0.39, 0.29) is 123 Å². The van der Waals surface area contributed by atoms with Crippen LogP contribution in [0, 0.1) is 0 Å². The molecule has 3 aromatic carbocycles. The van der Waals surface area contributed by atoms with Crippen LogP contribution in [0.1, 0.15) is 0 Å². The number of benzene rings is 3. The third-order valence-electron chi connectivity index (χ3n) is 18.1. The molecule has 0 bridgehead atoms. The second-order valence-corrected chi connectivity index (χ2v) is 34.9. The third-order valence-corrected chi connectivity index (χ3v) is 22.8. The van der Waals surface area contributed by atoms with E-state index in [9.17, 15) is 54.0 Å². The molecule has 62 heteroatoms. The summed E-state index contributed by atoms with van der Waals surface area (Å²) in [5, 5.41) is 0. The number of imidazole rings is 6. The van der Waals surface area contributed by atoms with Crippen LogP contribution in [0.15, 0.2) is 118 Å². The molecule has 58 nitrogen and oxygen atoms in total. The number of H-pyrrole nitrogens is 6. The van der Waals surface area contributed by atoms with Gasteiger partial charge in [0.05, 0.1) is 77.6 Å². The lowest BCUT2D eigenvalue weighted by atomic mass is 10.3. The minimum atomic E-state index is -6.13. The molecule has 0 saturated carbocycles. The van der Waals surface area contributed by atoms with Gasteiger partial charge in [0.2, 0.25) is 52.9 Å². The smallest absolute Gasteiger partial charge is 0.486 e.